The molecule has 0 bridgehead atoms. The number of hydrogen-bond donors (Lipinski definition) is 4. The van der Waals surface area contributed by atoms with E-state index in [0.717, 1.165) is 29.7 Å². The molecule has 1 aromatic heterocycles. The van der Waals surface area contributed by atoms with Crippen molar-refractivity contribution in [2.75, 3.05) is 19.6 Å². The van der Waals surface area contributed by atoms with Crippen LogP contribution in [-0.2, 0) is 6.42 Å². The number of aromatic nitrogens is 2. The fraction of sp³-hybridized carbons (Fsp3) is 0.286. The summed E-state index contributed by atoms with van der Waals surface area (Å²) in [6, 6.07) is 11.9. The first-order valence-electron chi connectivity index (χ1n) is 9.52. The molecule has 8 heteroatoms. The van der Waals surface area contributed by atoms with Gasteiger partial charge in [0.1, 0.15) is 11.6 Å². The van der Waals surface area contributed by atoms with E-state index in [1.807, 2.05) is 24.3 Å². The number of nitrogens with zero attached hydrogens (tertiary/aromatic N) is 1. The number of benzene rings is 2. The summed E-state index contributed by atoms with van der Waals surface area (Å²) in [6.07, 6.45) is 1.49. The number of carbonyl (C=O) groups is 2. The van der Waals surface area contributed by atoms with Crippen molar-refractivity contribution < 1.29 is 14.0 Å². The molecule has 0 saturated carbocycles. The minimum Gasteiger partial charge on any atom is -0.350 e. The zero-order valence-electron chi connectivity index (χ0n) is 16.2. The number of H-pyrrole nitrogens is 1. The van der Waals surface area contributed by atoms with Crippen molar-refractivity contribution in [3.05, 3.63) is 65.2 Å². The minimum absolute atomic E-state index is 0.251. The van der Waals surface area contributed by atoms with Crippen LogP contribution in [0.1, 0.15) is 28.2 Å². The zero-order valence-corrected chi connectivity index (χ0v) is 16.2. The molecule has 0 fully saturated rings. The van der Waals surface area contributed by atoms with E-state index in [9.17, 15) is 14.0 Å². The normalized spacial score (nSPS) is 10.7. The fourth-order valence-electron chi connectivity index (χ4n) is 2.83. The van der Waals surface area contributed by atoms with E-state index < -0.39 is 5.82 Å². The van der Waals surface area contributed by atoms with Crippen LogP contribution < -0.4 is 16.0 Å². The smallest absolute Gasteiger partial charge is 0.314 e. The van der Waals surface area contributed by atoms with E-state index >= 15 is 0 Å². The van der Waals surface area contributed by atoms with Crippen molar-refractivity contribution in [2.24, 2.45) is 0 Å². The lowest BCUT2D eigenvalue weighted by Gasteiger charge is -2.09. The molecule has 0 aliphatic heterocycles. The van der Waals surface area contributed by atoms with Crippen LogP contribution in [0.4, 0.5) is 9.18 Å². The Bertz CT molecular complexity index is 969. The van der Waals surface area contributed by atoms with E-state index in [2.05, 4.69) is 25.9 Å². The second-order valence-electron chi connectivity index (χ2n) is 6.71. The predicted octanol–water partition coefficient (Wildman–Crippen LogP) is 2.67. The van der Waals surface area contributed by atoms with Gasteiger partial charge < -0.3 is 20.9 Å². The number of amides is 3. The molecular formula is C21H24FN5O2. The lowest BCUT2D eigenvalue weighted by Crippen LogP contribution is -2.40. The van der Waals surface area contributed by atoms with Crippen molar-refractivity contribution >= 4 is 23.0 Å². The van der Waals surface area contributed by atoms with Crippen LogP contribution in [0.15, 0.2) is 42.5 Å². The number of imidazole rings is 1. The second kappa shape index (κ2) is 9.68. The van der Waals surface area contributed by atoms with Crippen LogP contribution in [0, 0.1) is 12.7 Å². The summed E-state index contributed by atoms with van der Waals surface area (Å²) in [5.41, 5.74) is 2.68. The summed E-state index contributed by atoms with van der Waals surface area (Å²) >= 11 is 0. The number of carbonyl (C=O) groups excluding carboxylic acids is 2. The quantitative estimate of drug-likeness (QED) is 0.440. The van der Waals surface area contributed by atoms with E-state index in [4.69, 9.17) is 0 Å². The van der Waals surface area contributed by atoms with E-state index in [0.29, 0.717) is 12.1 Å². The van der Waals surface area contributed by atoms with Crippen LogP contribution in [0.3, 0.4) is 0 Å². The average Bonchev–Trinajstić information content (AvgIpc) is 3.13. The summed E-state index contributed by atoms with van der Waals surface area (Å²) in [6.45, 7) is 2.67. The molecule has 0 saturated heterocycles. The molecule has 152 valence electrons. The predicted molar refractivity (Wildman–Crippen MR) is 109 cm³/mol. The first kappa shape index (κ1) is 20.3. The van der Waals surface area contributed by atoms with Crippen LogP contribution in [0.5, 0.6) is 0 Å². The van der Waals surface area contributed by atoms with Gasteiger partial charge in [-0.25, -0.2) is 14.2 Å². The van der Waals surface area contributed by atoms with E-state index in [1.165, 1.54) is 6.07 Å². The number of para-hydroxylation sites is 2. The molecule has 1 heterocycles. The molecule has 0 aliphatic carbocycles. The summed E-state index contributed by atoms with van der Waals surface area (Å²) < 4.78 is 13.5. The van der Waals surface area contributed by atoms with E-state index in [-0.39, 0.29) is 30.6 Å². The number of rotatable bonds is 8. The number of aryl methyl sites for hydroxylation is 2. The van der Waals surface area contributed by atoms with Crippen LogP contribution in [0.25, 0.3) is 11.0 Å². The molecule has 3 aromatic rings. The Labute approximate surface area is 168 Å². The van der Waals surface area contributed by atoms with Crippen molar-refractivity contribution in [2.45, 2.75) is 19.8 Å². The van der Waals surface area contributed by atoms with Gasteiger partial charge in [-0.15, -0.1) is 0 Å². The molecule has 7 nitrogen and oxygen atoms in total. The Morgan fingerprint density at radius 1 is 1.03 bits per heavy atom. The first-order valence-corrected chi connectivity index (χ1v) is 9.52. The van der Waals surface area contributed by atoms with Gasteiger partial charge in [-0.05, 0) is 43.2 Å². The van der Waals surface area contributed by atoms with Gasteiger partial charge >= 0.3 is 6.03 Å². The highest BCUT2D eigenvalue weighted by molar-refractivity contribution is 5.94. The number of fused-ring (bicyclic) bond motifs is 1. The summed E-state index contributed by atoms with van der Waals surface area (Å²) in [5.74, 6) is 0.0957. The molecule has 0 atom stereocenters. The fourth-order valence-corrected chi connectivity index (χ4v) is 2.83. The summed E-state index contributed by atoms with van der Waals surface area (Å²) in [7, 11) is 0. The third kappa shape index (κ3) is 5.78. The Hall–Kier alpha value is -3.42. The Balaban J connectivity index is 1.29. The molecule has 0 radical (unpaired) electrons. The number of urea groups is 1. The standard InChI is InChI=1S/C21H24FN5O2/c1-14-8-9-15(13-16(14)22)20(28)23-11-12-25-21(29)24-10-4-7-19-26-17-5-2-3-6-18(17)27-19/h2-3,5-6,8-9,13H,4,7,10-12H2,1H3,(H,23,28)(H,26,27)(H2,24,25,29). The van der Waals surface area contributed by atoms with Gasteiger partial charge in [-0.2, -0.15) is 0 Å². The lowest BCUT2D eigenvalue weighted by atomic mass is 10.1. The van der Waals surface area contributed by atoms with Crippen LogP contribution in [0.2, 0.25) is 0 Å². The molecule has 0 aliphatic rings. The highest BCUT2D eigenvalue weighted by Crippen LogP contribution is 2.11. The SMILES string of the molecule is Cc1ccc(C(=O)NCCNC(=O)NCCCc2nc3ccccc3[nH]2)cc1F. The third-order valence-electron chi connectivity index (χ3n) is 4.44. The van der Waals surface area contributed by atoms with Gasteiger partial charge in [-0.3, -0.25) is 4.79 Å². The summed E-state index contributed by atoms with van der Waals surface area (Å²) in [5, 5.41) is 8.08. The van der Waals surface area contributed by atoms with Gasteiger partial charge in [0.25, 0.3) is 5.91 Å². The van der Waals surface area contributed by atoms with Gasteiger partial charge in [-0.1, -0.05) is 18.2 Å². The Kier molecular flexibility index (Phi) is 6.78. The topological polar surface area (TPSA) is 98.9 Å². The highest BCUT2D eigenvalue weighted by Gasteiger charge is 2.08. The van der Waals surface area contributed by atoms with Crippen molar-refractivity contribution in [1.82, 2.24) is 25.9 Å². The Morgan fingerprint density at radius 3 is 2.59 bits per heavy atom. The number of hydrogen-bond acceptors (Lipinski definition) is 3. The van der Waals surface area contributed by atoms with Crippen molar-refractivity contribution in [1.29, 1.82) is 0 Å². The minimum atomic E-state index is -0.419. The highest BCUT2D eigenvalue weighted by atomic mass is 19.1. The van der Waals surface area contributed by atoms with Crippen LogP contribution >= 0.6 is 0 Å². The number of nitrogens with one attached hydrogen (secondary N) is 4. The Morgan fingerprint density at radius 2 is 1.79 bits per heavy atom. The van der Waals surface area contributed by atoms with Gasteiger partial charge in [0.05, 0.1) is 11.0 Å². The molecule has 2 aromatic carbocycles. The van der Waals surface area contributed by atoms with Gasteiger partial charge in [0.15, 0.2) is 0 Å². The first-order chi connectivity index (χ1) is 14.0. The van der Waals surface area contributed by atoms with Crippen LogP contribution in [-0.4, -0.2) is 41.5 Å². The zero-order chi connectivity index (χ0) is 20.6. The maximum atomic E-state index is 13.5. The number of aromatic amines is 1. The third-order valence-corrected chi connectivity index (χ3v) is 4.44. The average molecular weight is 397 g/mol. The molecule has 29 heavy (non-hydrogen) atoms. The molecule has 0 spiro atoms. The molecule has 3 amide bonds. The monoisotopic (exact) mass is 397 g/mol. The van der Waals surface area contributed by atoms with E-state index in [1.54, 1.807) is 19.1 Å². The van der Waals surface area contributed by atoms with Crippen molar-refractivity contribution in [3.8, 4) is 0 Å². The molecule has 4 N–H and O–H groups in total. The van der Waals surface area contributed by atoms with Gasteiger partial charge in [0, 0.05) is 31.6 Å². The van der Waals surface area contributed by atoms with Crippen molar-refractivity contribution in [3.63, 3.8) is 0 Å². The second-order valence-corrected chi connectivity index (χ2v) is 6.71. The van der Waals surface area contributed by atoms with Gasteiger partial charge in [0.2, 0.25) is 0 Å². The maximum absolute atomic E-state index is 13.5. The maximum Gasteiger partial charge on any atom is 0.314 e. The molecule has 3 rings (SSSR count). The molecule has 0 unspecified atom stereocenters. The molecular weight excluding hydrogens is 373 g/mol. The summed E-state index contributed by atoms with van der Waals surface area (Å²) in [4.78, 5) is 31.5. The number of halogens is 1. The lowest BCUT2D eigenvalue weighted by molar-refractivity contribution is 0.0953. The largest absolute Gasteiger partial charge is 0.350 e.